The summed E-state index contributed by atoms with van der Waals surface area (Å²) in [6.45, 7) is 0. The van der Waals surface area contributed by atoms with Crippen LogP contribution in [0.25, 0.3) is 0 Å². The number of aromatic nitrogens is 1. The maximum atomic E-state index is 12.1. The minimum absolute atomic E-state index is 0.129. The first-order valence-corrected chi connectivity index (χ1v) is 8.83. The second-order valence-electron chi connectivity index (χ2n) is 6.27. The highest BCUT2D eigenvalue weighted by Crippen LogP contribution is 2.17. The van der Waals surface area contributed by atoms with E-state index in [0.29, 0.717) is 11.9 Å². The third-order valence-electron chi connectivity index (χ3n) is 4.35. The minimum atomic E-state index is -0.129. The maximum Gasteiger partial charge on any atom is 0.320 e. The van der Waals surface area contributed by atoms with Crippen molar-refractivity contribution in [2.75, 3.05) is 5.32 Å². The van der Waals surface area contributed by atoms with Gasteiger partial charge in [-0.25, -0.2) is 9.78 Å². The van der Waals surface area contributed by atoms with Gasteiger partial charge in [0.15, 0.2) is 0 Å². The molecule has 0 spiro atoms. The van der Waals surface area contributed by atoms with Gasteiger partial charge in [-0.05, 0) is 25.0 Å². The number of amides is 2. The predicted molar refractivity (Wildman–Crippen MR) is 91.0 cm³/mol. The Bertz CT molecular complexity index is 410. The van der Waals surface area contributed by atoms with Gasteiger partial charge in [-0.15, -0.1) is 0 Å². The lowest BCUT2D eigenvalue weighted by Crippen LogP contribution is -2.38. The minimum Gasteiger partial charge on any atom is -0.335 e. The topological polar surface area (TPSA) is 54.0 Å². The van der Waals surface area contributed by atoms with E-state index in [0.717, 1.165) is 12.8 Å². The normalized spacial score (nSPS) is 18.7. The molecule has 1 fully saturated rings. The summed E-state index contributed by atoms with van der Waals surface area (Å²) in [6, 6.07) is 5.69. The van der Waals surface area contributed by atoms with Crippen molar-refractivity contribution >= 4 is 11.8 Å². The molecule has 1 aromatic rings. The van der Waals surface area contributed by atoms with Gasteiger partial charge >= 0.3 is 6.03 Å². The average Bonchev–Trinajstić information content (AvgIpc) is 2.51. The Labute approximate surface area is 134 Å². The smallest absolute Gasteiger partial charge is 0.320 e. The Morgan fingerprint density at radius 1 is 0.909 bits per heavy atom. The number of carbonyl (C=O) groups excluding carboxylic acids is 1. The zero-order valence-electron chi connectivity index (χ0n) is 13.5. The van der Waals surface area contributed by atoms with E-state index in [2.05, 4.69) is 15.6 Å². The summed E-state index contributed by atoms with van der Waals surface area (Å²) in [5.41, 5.74) is 0. The zero-order valence-corrected chi connectivity index (χ0v) is 13.5. The highest BCUT2D eigenvalue weighted by molar-refractivity contribution is 5.88. The Morgan fingerprint density at radius 3 is 2.05 bits per heavy atom. The Morgan fingerprint density at radius 2 is 1.50 bits per heavy atom. The molecule has 1 aliphatic carbocycles. The number of hydrogen-bond acceptors (Lipinski definition) is 2. The summed E-state index contributed by atoms with van der Waals surface area (Å²) in [6.07, 6.45) is 15.7. The van der Waals surface area contributed by atoms with Crippen molar-refractivity contribution in [1.29, 1.82) is 0 Å². The fraction of sp³-hybridized carbons (Fsp3) is 0.667. The number of carbonyl (C=O) groups is 1. The number of rotatable bonds is 2. The van der Waals surface area contributed by atoms with Crippen LogP contribution in [0.1, 0.15) is 70.6 Å². The molecule has 22 heavy (non-hydrogen) atoms. The summed E-state index contributed by atoms with van der Waals surface area (Å²) in [5.74, 6) is 0.605. The Balaban J connectivity index is 1.77. The van der Waals surface area contributed by atoms with Crippen LogP contribution in [0.15, 0.2) is 24.4 Å². The van der Waals surface area contributed by atoms with Gasteiger partial charge in [0.1, 0.15) is 5.82 Å². The molecule has 4 nitrogen and oxygen atoms in total. The quantitative estimate of drug-likeness (QED) is 0.818. The van der Waals surface area contributed by atoms with Crippen molar-refractivity contribution in [3.8, 4) is 0 Å². The van der Waals surface area contributed by atoms with E-state index in [-0.39, 0.29) is 6.03 Å². The number of nitrogens with zero attached hydrogens (tertiary/aromatic N) is 1. The molecule has 0 bridgehead atoms. The van der Waals surface area contributed by atoms with E-state index in [4.69, 9.17) is 0 Å². The Hall–Kier alpha value is -1.58. The van der Waals surface area contributed by atoms with Crippen LogP contribution in [0.5, 0.6) is 0 Å². The van der Waals surface area contributed by atoms with Crippen molar-refractivity contribution in [3.63, 3.8) is 0 Å². The molecule has 0 radical (unpaired) electrons. The highest BCUT2D eigenvalue weighted by Gasteiger charge is 2.12. The van der Waals surface area contributed by atoms with Crippen LogP contribution in [0.4, 0.5) is 10.6 Å². The predicted octanol–water partition coefficient (Wildman–Crippen LogP) is 4.88. The SMILES string of the molecule is O=C(Nc1ccccn1)NC1CCCCCCCCCCC1. The molecule has 1 heterocycles. The largest absolute Gasteiger partial charge is 0.335 e. The fourth-order valence-electron chi connectivity index (χ4n) is 3.08. The lowest BCUT2D eigenvalue weighted by Gasteiger charge is -2.19. The Kier molecular flexibility index (Phi) is 7.78. The van der Waals surface area contributed by atoms with Crippen molar-refractivity contribution < 1.29 is 4.79 Å². The summed E-state index contributed by atoms with van der Waals surface area (Å²) in [4.78, 5) is 16.2. The second-order valence-corrected chi connectivity index (χ2v) is 6.27. The summed E-state index contributed by atoms with van der Waals surface area (Å²) in [5, 5.41) is 5.94. The number of anilines is 1. The molecular weight excluding hydrogens is 274 g/mol. The third-order valence-corrected chi connectivity index (χ3v) is 4.35. The van der Waals surface area contributed by atoms with Crippen LogP contribution in [0, 0.1) is 0 Å². The molecule has 0 aromatic carbocycles. The number of hydrogen-bond donors (Lipinski definition) is 2. The van der Waals surface area contributed by atoms with E-state index >= 15 is 0 Å². The molecule has 2 rings (SSSR count). The first kappa shape index (κ1) is 16.8. The first-order valence-electron chi connectivity index (χ1n) is 8.83. The van der Waals surface area contributed by atoms with Crippen LogP contribution >= 0.6 is 0 Å². The van der Waals surface area contributed by atoms with Gasteiger partial charge in [0.05, 0.1) is 0 Å². The van der Waals surface area contributed by atoms with Gasteiger partial charge in [-0.2, -0.15) is 0 Å². The average molecular weight is 303 g/mol. The van der Waals surface area contributed by atoms with Crippen LogP contribution in [0.3, 0.4) is 0 Å². The molecule has 122 valence electrons. The molecule has 0 unspecified atom stereocenters. The number of pyridine rings is 1. The highest BCUT2D eigenvalue weighted by atomic mass is 16.2. The van der Waals surface area contributed by atoms with E-state index in [1.807, 2.05) is 12.1 Å². The summed E-state index contributed by atoms with van der Waals surface area (Å²) >= 11 is 0. The van der Waals surface area contributed by atoms with E-state index in [1.54, 1.807) is 12.3 Å². The monoisotopic (exact) mass is 303 g/mol. The van der Waals surface area contributed by atoms with E-state index in [1.165, 1.54) is 57.8 Å². The van der Waals surface area contributed by atoms with Crippen molar-refractivity contribution in [3.05, 3.63) is 24.4 Å². The molecule has 4 heteroatoms. The standard InChI is InChI=1S/C18H29N3O/c22-18(21-17-14-10-11-15-19-17)20-16-12-8-6-4-2-1-3-5-7-9-13-16/h10-11,14-16H,1-9,12-13H2,(H2,19,20,21,22). The van der Waals surface area contributed by atoms with Gasteiger partial charge in [0.25, 0.3) is 0 Å². The molecule has 0 atom stereocenters. The fourth-order valence-corrected chi connectivity index (χ4v) is 3.08. The summed E-state index contributed by atoms with van der Waals surface area (Å²) < 4.78 is 0. The van der Waals surface area contributed by atoms with Gasteiger partial charge < -0.3 is 5.32 Å². The molecule has 0 saturated heterocycles. The number of urea groups is 1. The third kappa shape index (κ3) is 6.92. The first-order chi connectivity index (χ1) is 10.8. The zero-order chi connectivity index (χ0) is 15.5. The van der Waals surface area contributed by atoms with Crippen LogP contribution in [0.2, 0.25) is 0 Å². The van der Waals surface area contributed by atoms with Crippen LogP contribution in [-0.4, -0.2) is 17.1 Å². The second kappa shape index (κ2) is 10.2. The lowest BCUT2D eigenvalue weighted by atomic mass is 9.98. The van der Waals surface area contributed by atoms with Gasteiger partial charge in [0.2, 0.25) is 0 Å². The molecule has 1 aliphatic rings. The van der Waals surface area contributed by atoms with Crippen LogP contribution < -0.4 is 10.6 Å². The molecular formula is C18H29N3O. The molecule has 2 amide bonds. The van der Waals surface area contributed by atoms with Gasteiger partial charge in [-0.3, -0.25) is 5.32 Å². The van der Waals surface area contributed by atoms with Crippen molar-refractivity contribution in [2.24, 2.45) is 0 Å². The van der Waals surface area contributed by atoms with Crippen molar-refractivity contribution in [1.82, 2.24) is 10.3 Å². The molecule has 0 aliphatic heterocycles. The molecule has 1 saturated carbocycles. The molecule has 1 aromatic heterocycles. The van der Waals surface area contributed by atoms with Crippen molar-refractivity contribution in [2.45, 2.75) is 76.7 Å². The number of nitrogens with one attached hydrogen (secondary N) is 2. The summed E-state index contributed by atoms with van der Waals surface area (Å²) in [7, 11) is 0. The van der Waals surface area contributed by atoms with Gasteiger partial charge in [-0.1, -0.05) is 63.9 Å². The maximum absolute atomic E-state index is 12.1. The van der Waals surface area contributed by atoms with E-state index < -0.39 is 0 Å². The van der Waals surface area contributed by atoms with Gasteiger partial charge in [0, 0.05) is 12.2 Å². The van der Waals surface area contributed by atoms with E-state index in [9.17, 15) is 4.79 Å². The van der Waals surface area contributed by atoms with Crippen LogP contribution in [-0.2, 0) is 0 Å². The lowest BCUT2D eigenvalue weighted by molar-refractivity contribution is 0.246. The molecule has 2 N–H and O–H groups in total.